The molecule has 1 aromatic carbocycles. The predicted molar refractivity (Wildman–Crippen MR) is 100 cm³/mol. The van der Waals surface area contributed by atoms with Crippen LogP contribution in [0.2, 0.25) is 0 Å². The molecule has 0 radical (unpaired) electrons. The van der Waals surface area contributed by atoms with Crippen molar-refractivity contribution in [2.45, 2.75) is 19.9 Å². The standard InChI is InChI=1S/C19H21N5O4/c1-2-9-24(12-17-22-23-19(28-17)15-4-3-10-27-15)11-16(25)21-14-7-5-13(6-8-14)18(20)26/h3-8,10H,2,9,11-12H2,1H3,(H2,20,26)(H,21,25)/p+1. The highest BCUT2D eigenvalue weighted by atomic mass is 16.4. The van der Waals surface area contributed by atoms with E-state index in [2.05, 4.69) is 15.5 Å². The molecule has 0 aliphatic heterocycles. The van der Waals surface area contributed by atoms with Crippen LogP contribution in [0.1, 0.15) is 29.6 Å². The number of aromatic nitrogens is 2. The number of hydrogen-bond donors (Lipinski definition) is 3. The summed E-state index contributed by atoms with van der Waals surface area (Å²) in [5.74, 6) is 0.599. The molecule has 1 atom stereocenters. The lowest BCUT2D eigenvalue weighted by Gasteiger charge is -2.16. The van der Waals surface area contributed by atoms with Gasteiger partial charge in [0.25, 0.3) is 17.7 Å². The molecule has 3 aromatic rings. The molecular weight excluding hydrogens is 362 g/mol. The number of anilines is 1. The van der Waals surface area contributed by atoms with Crippen molar-refractivity contribution < 1.29 is 23.3 Å². The van der Waals surface area contributed by atoms with Gasteiger partial charge < -0.3 is 24.8 Å². The van der Waals surface area contributed by atoms with Crippen molar-refractivity contribution in [2.75, 3.05) is 18.4 Å². The minimum atomic E-state index is -0.509. The number of amides is 2. The Labute approximate surface area is 161 Å². The fraction of sp³-hybridized carbons (Fsp3) is 0.263. The molecular formula is C19H22N5O4+. The van der Waals surface area contributed by atoms with Crippen molar-refractivity contribution in [1.82, 2.24) is 10.2 Å². The number of nitrogens with one attached hydrogen (secondary N) is 2. The topological polar surface area (TPSA) is 129 Å². The number of carbonyl (C=O) groups is 2. The Kier molecular flexibility index (Phi) is 6.18. The number of furan rings is 1. The zero-order chi connectivity index (χ0) is 19.9. The lowest BCUT2D eigenvalue weighted by molar-refractivity contribution is -0.907. The minimum absolute atomic E-state index is 0.152. The summed E-state index contributed by atoms with van der Waals surface area (Å²) in [5, 5.41) is 10.8. The number of hydrogen-bond acceptors (Lipinski definition) is 6. The first-order chi connectivity index (χ1) is 13.5. The van der Waals surface area contributed by atoms with E-state index in [-0.39, 0.29) is 12.5 Å². The summed E-state index contributed by atoms with van der Waals surface area (Å²) in [6.07, 6.45) is 2.43. The number of quaternary nitrogens is 1. The largest absolute Gasteiger partial charge is 0.459 e. The van der Waals surface area contributed by atoms with E-state index >= 15 is 0 Å². The Morgan fingerprint density at radius 2 is 1.96 bits per heavy atom. The van der Waals surface area contributed by atoms with Crippen LogP contribution >= 0.6 is 0 Å². The number of rotatable bonds is 9. The Morgan fingerprint density at radius 3 is 2.61 bits per heavy atom. The van der Waals surface area contributed by atoms with Crippen molar-refractivity contribution in [2.24, 2.45) is 5.73 Å². The van der Waals surface area contributed by atoms with Crippen LogP contribution in [0.25, 0.3) is 11.7 Å². The lowest BCUT2D eigenvalue weighted by atomic mass is 10.2. The quantitative estimate of drug-likeness (QED) is 0.502. The third-order valence-corrected chi connectivity index (χ3v) is 4.07. The van der Waals surface area contributed by atoms with Gasteiger partial charge in [0, 0.05) is 11.3 Å². The van der Waals surface area contributed by atoms with E-state index in [1.54, 1.807) is 36.4 Å². The third-order valence-electron chi connectivity index (χ3n) is 4.07. The van der Waals surface area contributed by atoms with Gasteiger partial charge in [0.05, 0.1) is 12.8 Å². The molecule has 0 saturated heterocycles. The first-order valence-corrected chi connectivity index (χ1v) is 8.94. The maximum atomic E-state index is 12.4. The number of nitrogens with zero attached hydrogens (tertiary/aromatic N) is 2. The number of nitrogens with two attached hydrogens (primary N) is 1. The molecule has 2 heterocycles. The molecule has 4 N–H and O–H groups in total. The van der Waals surface area contributed by atoms with Gasteiger partial charge in [-0.1, -0.05) is 6.92 Å². The first kappa shape index (κ1) is 19.3. The van der Waals surface area contributed by atoms with E-state index in [1.807, 2.05) is 6.92 Å². The SMILES string of the molecule is CCC[NH+](CC(=O)Nc1ccc(C(N)=O)cc1)Cc1nnc(-c2ccco2)o1. The molecule has 1 unspecified atom stereocenters. The fourth-order valence-electron chi connectivity index (χ4n) is 2.78. The highest BCUT2D eigenvalue weighted by Gasteiger charge is 2.19. The van der Waals surface area contributed by atoms with Crippen LogP contribution in [0.5, 0.6) is 0 Å². The fourth-order valence-corrected chi connectivity index (χ4v) is 2.78. The van der Waals surface area contributed by atoms with Gasteiger partial charge in [-0.05, 0) is 42.8 Å². The molecule has 0 bridgehead atoms. The van der Waals surface area contributed by atoms with Gasteiger partial charge in [-0.2, -0.15) is 0 Å². The molecule has 9 nitrogen and oxygen atoms in total. The smallest absolute Gasteiger partial charge is 0.283 e. The van der Waals surface area contributed by atoms with Gasteiger partial charge in [0.2, 0.25) is 5.91 Å². The van der Waals surface area contributed by atoms with Crippen molar-refractivity contribution >= 4 is 17.5 Å². The summed E-state index contributed by atoms with van der Waals surface area (Å²) in [7, 11) is 0. The Morgan fingerprint density at radius 1 is 1.18 bits per heavy atom. The molecule has 0 aliphatic rings. The number of primary amides is 1. The van der Waals surface area contributed by atoms with Crippen molar-refractivity contribution in [3.05, 3.63) is 54.1 Å². The molecule has 2 amide bonds. The normalized spacial score (nSPS) is 11.9. The Hall–Kier alpha value is -3.46. The molecule has 2 aromatic heterocycles. The monoisotopic (exact) mass is 384 g/mol. The molecule has 28 heavy (non-hydrogen) atoms. The van der Waals surface area contributed by atoms with Gasteiger partial charge in [-0.25, -0.2) is 0 Å². The second-order valence-electron chi connectivity index (χ2n) is 6.32. The summed E-state index contributed by atoms with van der Waals surface area (Å²) in [6, 6.07) is 9.92. The summed E-state index contributed by atoms with van der Waals surface area (Å²) in [5.41, 5.74) is 6.20. The summed E-state index contributed by atoms with van der Waals surface area (Å²) in [4.78, 5) is 24.5. The van der Waals surface area contributed by atoms with Crippen LogP contribution in [0.3, 0.4) is 0 Å². The minimum Gasteiger partial charge on any atom is -0.459 e. The predicted octanol–water partition coefficient (Wildman–Crippen LogP) is 0.862. The van der Waals surface area contributed by atoms with E-state index in [1.165, 1.54) is 6.26 Å². The molecule has 146 valence electrons. The van der Waals surface area contributed by atoms with Gasteiger partial charge in [0.1, 0.15) is 0 Å². The van der Waals surface area contributed by atoms with Crippen molar-refractivity contribution in [1.29, 1.82) is 0 Å². The van der Waals surface area contributed by atoms with Crippen LogP contribution in [0, 0.1) is 0 Å². The Balaban J connectivity index is 1.59. The van der Waals surface area contributed by atoms with Crippen LogP contribution < -0.4 is 16.0 Å². The molecule has 0 fully saturated rings. The van der Waals surface area contributed by atoms with Crippen LogP contribution in [-0.4, -0.2) is 35.1 Å². The molecule has 0 saturated carbocycles. The average molecular weight is 384 g/mol. The second-order valence-corrected chi connectivity index (χ2v) is 6.32. The highest BCUT2D eigenvalue weighted by molar-refractivity contribution is 5.95. The van der Waals surface area contributed by atoms with Crippen molar-refractivity contribution in [3.63, 3.8) is 0 Å². The molecule has 3 rings (SSSR count). The maximum absolute atomic E-state index is 12.4. The van der Waals surface area contributed by atoms with Crippen molar-refractivity contribution in [3.8, 4) is 11.7 Å². The maximum Gasteiger partial charge on any atom is 0.283 e. The highest BCUT2D eigenvalue weighted by Crippen LogP contribution is 2.17. The lowest BCUT2D eigenvalue weighted by Crippen LogP contribution is -3.11. The van der Waals surface area contributed by atoms with E-state index in [9.17, 15) is 9.59 Å². The summed E-state index contributed by atoms with van der Waals surface area (Å²) < 4.78 is 10.9. The molecule has 0 aliphatic carbocycles. The first-order valence-electron chi connectivity index (χ1n) is 8.94. The van der Waals surface area contributed by atoms with Crippen LogP contribution in [-0.2, 0) is 11.3 Å². The zero-order valence-electron chi connectivity index (χ0n) is 15.5. The van der Waals surface area contributed by atoms with Crippen LogP contribution in [0.15, 0.2) is 51.5 Å². The average Bonchev–Trinajstić information content (AvgIpc) is 3.33. The van der Waals surface area contributed by atoms with E-state index in [0.29, 0.717) is 35.3 Å². The second kappa shape index (κ2) is 8.96. The van der Waals surface area contributed by atoms with Gasteiger partial charge >= 0.3 is 0 Å². The molecule has 9 heteroatoms. The van der Waals surface area contributed by atoms with Gasteiger partial charge in [0.15, 0.2) is 18.8 Å². The van der Waals surface area contributed by atoms with Crippen LogP contribution in [0.4, 0.5) is 5.69 Å². The summed E-state index contributed by atoms with van der Waals surface area (Å²) >= 11 is 0. The van der Waals surface area contributed by atoms with E-state index in [4.69, 9.17) is 14.6 Å². The number of benzene rings is 1. The Bertz CT molecular complexity index is 918. The number of carbonyl (C=O) groups excluding carboxylic acids is 2. The van der Waals surface area contributed by atoms with Gasteiger partial charge in [-0.15, -0.1) is 10.2 Å². The molecule has 0 spiro atoms. The third kappa shape index (κ3) is 5.04. The van der Waals surface area contributed by atoms with Gasteiger partial charge in [-0.3, -0.25) is 9.59 Å². The van der Waals surface area contributed by atoms with E-state index < -0.39 is 5.91 Å². The summed E-state index contributed by atoms with van der Waals surface area (Å²) in [6.45, 7) is 3.48. The van der Waals surface area contributed by atoms with E-state index in [0.717, 1.165) is 17.9 Å². The zero-order valence-corrected chi connectivity index (χ0v) is 15.5.